The molecule has 3 aromatic rings. The van der Waals surface area contributed by atoms with E-state index in [1.165, 1.54) is 0 Å². The third kappa shape index (κ3) is 4.74. The van der Waals surface area contributed by atoms with Crippen molar-refractivity contribution in [1.29, 1.82) is 0 Å². The highest BCUT2D eigenvalue weighted by Crippen LogP contribution is 2.15. The lowest BCUT2D eigenvalue weighted by Crippen LogP contribution is -2.22. The first-order chi connectivity index (χ1) is 13.6. The number of nitrogens with one attached hydrogen (secondary N) is 1. The molecule has 5 nitrogen and oxygen atoms in total. The molecule has 2 aromatic heterocycles. The van der Waals surface area contributed by atoms with Gasteiger partial charge < -0.3 is 9.73 Å². The van der Waals surface area contributed by atoms with Crippen molar-refractivity contribution in [2.24, 2.45) is 5.92 Å². The van der Waals surface area contributed by atoms with Crippen LogP contribution in [0.5, 0.6) is 0 Å². The number of amides is 1. The molecule has 0 saturated heterocycles. The highest BCUT2D eigenvalue weighted by molar-refractivity contribution is 5.93. The maximum atomic E-state index is 12.1. The molecule has 0 bridgehead atoms. The third-order valence-corrected chi connectivity index (χ3v) is 4.61. The number of hydrogen-bond acceptors (Lipinski definition) is 4. The topological polar surface area (TPSA) is 68.0 Å². The molecule has 0 aliphatic rings. The van der Waals surface area contributed by atoms with E-state index in [2.05, 4.69) is 35.2 Å². The van der Waals surface area contributed by atoms with Gasteiger partial charge in [-0.2, -0.15) is 0 Å². The zero-order valence-electron chi connectivity index (χ0n) is 16.5. The summed E-state index contributed by atoms with van der Waals surface area (Å²) in [6.07, 6.45) is 8.34. The number of benzene rings is 1. The lowest BCUT2D eigenvalue weighted by molar-refractivity contribution is 0.0950. The standard InChI is InChI=1S/C23H25N3O2/c1-4-16(3)13-20-21(5-2)28-23(26-20)18-10-8-17(9-11-18)14-25-22(27)19-7-6-12-24-15-19/h5-13,15-16H,4,14H2,1-3H3,(H,25,27)/b20-13+,21-5+. The number of hydrogen-bond donors (Lipinski definition) is 1. The fourth-order valence-electron chi connectivity index (χ4n) is 2.73. The number of nitrogens with zero attached hydrogens (tertiary/aromatic N) is 2. The first kappa shape index (κ1) is 19.5. The maximum Gasteiger partial charge on any atom is 0.253 e. The molecule has 0 spiro atoms. The van der Waals surface area contributed by atoms with E-state index in [-0.39, 0.29) is 5.91 Å². The molecule has 3 rings (SSSR count). The van der Waals surface area contributed by atoms with Crippen molar-refractivity contribution < 1.29 is 9.21 Å². The average molecular weight is 375 g/mol. The molecular weight excluding hydrogens is 350 g/mol. The van der Waals surface area contributed by atoms with Gasteiger partial charge in [0.1, 0.15) is 5.35 Å². The van der Waals surface area contributed by atoms with Gasteiger partial charge in [-0.05, 0) is 48.7 Å². The summed E-state index contributed by atoms with van der Waals surface area (Å²) in [5.74, 6) is 0.911. The molecule has 0 radical (unpaired) electrons. The number of carbonyl (C=O) groups is 1. The average Bonchev–Trinajstić information content (AvgIpc) is 3.15. The second-order valence-corrected chi connectivity index (χ2v) is 6.73. The largest absolute Gasteiger partial charge is 0.436 e. The Bertz CT molecular complexity index is 1040. The Balaban J connectivity index is 1.73. The Morgan fingerprint density at radius 3 is 2.68 bits per heavy atom. The Morgan fingerprint density at radius 1 is 1.25 bits per heavy atom. The number of carbonyl (C=O) groups excluding carboxylic acids is 1. The molecule has 2 heterocycles. The summed E-state index contributed by atoms with van der Waals surface area (Å²) < 4.78 is 5.92. The lowest BCUT2D eigenvalue weighted by Gasteiger charge is -2.05. The Kier molecular flexibility index (Phi) is 6.37. The molecular formula is C23H25N3O2. The normalized spacial score (nSPS) is 13.5. The number of oxazole rings is 1. The van der Waals surface area contributed by atoms with E-state index in [1.807, 2.05) is 37.3 Å². The predicted molar refractivity (Wildman–Crippen MR) is 111 cm³/mol. The van der Waals surface area contributed by atoms with Gasteiger partial charge in [-0.15, -0.1) is 0 Å². The highest BCUT2D eigenvalue weighted by atomic mass is 16.3. The summed E-state index contributed by atoms with van der Waals surface area (Å²) in [4.78, 5) is 20.7. The summed E-state index contributed by atoms with van der Waals surface area (Å²) in [5.41, 5.74) is 3.26. The van der Waals surface area contributed by atoms with Gasteiger partial charge in [0.25, 0.3) is 5.91 Å². The van der Waals surface area contributed by atoms with Crippen LogP contribution in [-0.4, -0.2) is 15.9 Å². The fraction of sp³-hybridized carbons (Fsp3) is 0.261. The summed E-state index contributed by atoms with van der Waals surface area (Å²) in [6, 6.07) is 11.3. The van der Waals surface area contributed by atoms with Crippen LogP contribution in [0.4, 0.5) is 0 Å². The summed E-state index contributed by atoms with van der Waals surface area (Å²) in [5, 5.41) is 3.79. The highest BCUT2D eigenvalue weighted by Gasteiger charge is 2.08. The quantitative estimate of drug-likeness (QED) is 0.718. The van der Waals surface area contributed by atoms with Gasteiger partial charge in [-0.25, -0.2) is 4.98 Å². The molecule has 5 heteroatoms. The van der Waals surface area contributed by atoms with E-state index < -0.39 is 0 Å². The van der Waals surface area contributed by atoms with Crippen LogP contribution < -0.4 is 16.1 Å². The molecule has 144 valence electrons. The molecule has 1 amide bonds. The molecule has 28 heavy (non-hydrogen) atoms. The maximum absolute atomic E-state index is 12.1. The van der Waals surface area contributed by atoms with Crippen LogP contribution >= 0.6 is 0 Å². The lowest BCUT2D eigenvalue weighted by atomic mass is 10.1. The Morgan fingerprint density at radius 2 is 2.04 bits per heavy atom. The van der Waals surface area contributed by atoms with Crippen molar-refractivity contribution >= 4 is 18.1 Å². The van der Waals surface area contributed by atoms with Gasteiger partial charge in [-0.3, -0.25) is 9.78 Å². The second-order valence-electron chi connectivity index (χ2n) is 6.73. The van der Waals surface area contributed by atoms with Crippen LogP contribution in [0.15, 0.2) is 53.2 Å². The fourth-order valence-corrected chi connectivity index (χ4v) is 2.73. The minimum atomic E-state index is -0.141. The van der Waals surface area contributed by atoms with Gasteiger partial charge in [0, 0.05) is 24.5 Å². The first-order valence-corrected chi connectivity index (χ1v) is 9.53. The van der Waals surface area contributed by atoms with Crippen molar-refractivity contribution in [3.63, 3.8) is 0 Å². The van der Waals surface area contributed by atoms with Crippen molar-refractivity contribution in [2.75, 3.05) is 0 Å². The number of pyridine rings is 1. The number of rotatable bonds is 6. The zero-order valence-corrected chi connectivity index (χ0v) is 16.5. The molecule has 0 saturated carbocycles. The zero-order chi connectivity index (χ0) is 19.9. The molecule has 0 aliphatic heterocycles. The van der Waals surface area contributed by atoms with Crippen molar-refractivity contribution in [2.45, 2.75) is 33.7 Å². The van der Waals surface area contributed by atoms with E-state index in [4.69, 9.17) is 4.42 Å². The second kappa shape index (κ2) is 9.13. The van der Waals surface area contributed by atoms with Crippen molar-refractivity contribution in [3.8, 4) is 11.5 Å². The van der Waals surface area contributed by atoms with Crippen LogP contribution in [0.3, 0.4) is 0 Å². The Hall–Kier alpha value is -3.21. The summed E-state index contributed by atoms with van der Waals surface area (Å²) >= 11 is 0. The molecule has 1 atom stereocenters. The van der Waals surface area contributed by atoms with E-state index in [1.54, 1.807) is 24.5 Å². The molecule has 0 fully saturated rings. The minimum Gasteiger partial charge on any atom is -0.436 e. The van der Waals surface area contributed by atoms with Crippen LogP contribution in [0.1, 0.15) is 43.1 Å². The number of aromatic nitrogens is 2. The molecule has 1 aromatic carbocycles. The smallest absolute Gasteiger partial charge is 0.253 e. The minimum absolute atomic E-state index is 0.141. The molecule has 1 N–H and O–H groups in total. The predicted octanol–water partition coefficient (Wildman–Crippen LogP) is 3.29. The summed E-state index contributed by atoms with van der Waals surface area (Å²) in [7, 11) is 0. The van der Waals surface area contributed by atoms with Gasteiger partial charge >= 0.3 is 0 Å². The monoisotopic (exact) mass is 375 g/mol. The molecule has 0 aliphatic carbocycles. The van der Waals surface area contributed by atoms with Gasteiger partial charge in [0.15, 0.2) is 5.42 Å². The van der Waals surface area contributed by atoms with Gasteiger partial charge in [0.05, 0.1) is 5.56 Å². The van der Waals surface area contributed by atoms with Crippen molar-refractivity contribution in [3.05, 3.63) is 70.7 Å². The first-order valence-electron chi connectivity index (χ1n) is 9.53. The van der Waals surface area contributed by atoms with E-state index in [9.17, 15) is 4.79 Å². The third-order valence-electron chi connectivity index (χ3n) is 4.61. The van der Waals surface area contributed by atoms with Gasteiger partial charge in [-0.1, -0.05) is 38.5 Å². The van der Waals surface area contributed by atoms with E-state index >= 15 is 0 Å². The molecule has 1 unspecified atom stereocenters. The van der Waals surface area contributed by atoms with E-state index in [0.717, 1.165) is 28.3 Å². The van der Waals surface area contributed by atoms with E-state index in [0.29, 0.717) is 23.9 Å². The Labute approximate surface area is 164 Å². The van der Waals surface area contributed by atoms with Crippen LogP contribution in [0.25, 0.3) is 23.6 Å². The van der Waals surface area contributed by atoms with Crippen LogP contribution in [0.2, 0.25) is 0 Å². The van der Waals surface area contributed by atoms with Crippen LogP contribution in [-0.2, 0) is 6.54 Å². The van der Waals surface area contributed by atoms with Crippen LogP contribution in [0, 0.1) is 5.92 Å². The SMILES string of the molecule is C/C=c1/oc(-c2ccc(CNC(=O)c3cccnc3)cc2)n/c1=C/C(C)CC. The van der Waals surface area contributed by atoms with Gasteiger partial charge in [0.2, 0.25) is 5.89 Å². The van der Waals surface area contributed by atoms with Crippen molar-refractivity contribution in [1.82, 2.24) is 15.3 Å². The summed E-state index contributed by atoms with van der Waals surface area (Å²) in [6.45, 7) is 6.72.